The third-order valence-corrected chi connectivity index (χ3v) is 2.60. The van der Waals surface area contributed by atoms with Gasteiger partial charge in [0.05, 0.1) is 0 Å². The predicted octanol–water partition coefficient (Wildman–Crippen LogP) is 2.71. The van der Waals surface area contributed by atoms with E-state index in [0.29, 0.717) is 23.6 Å². The van der Waals surface area contributed by atoms with Crippen molar-refractivity contribution in [2.45, 2.75) is 18.9 Å². The number of rotatable bonds is 3. The minimum atomic E-state index is 0. The summed E-state index contributed by atoms with van der Waals surface area (Å²) in [6, 6.07) is 4.03. The first-order valence-corrected chi connectivity index (χ1v) is 5.21. The van der Waals surface area contributed by atoms with E-state index in [-0.39, 0.29) is 24.8 Å². The Labute approximate surface area is 113 Å². The zero-order valence-electron chi connectivity index (χ0n) is 8.69. The van der Waals surface area contributed by atoms with E-state index in [9.17, 15) is 0 Å². The first-order valence-electron chi connectivity index (χ1n) is 4.83. The molecule has 3 nitrogen and oxygen atoms in total. The molecule has 0 saturated carbocycles. The Balaban J connectivity index is 0.00000112. The van der Waals surface area contributed by atoms with E-state index in [0.717, 1.165) is 6.54 Å². The summed E-state index contributed by atoms with van der Waals surface area (Å²) in [5, 5.41) is 3.92. The van der Waals surface area contributed by atoms with E-state index in [2.05, 4.69) is 10.3 Å². The molecule has 0 radical (unpaired) electrons. The molecule has 2 rings (SSSR count). The Morgan fingerprint density at radius 2 is 2.31 bits per heavy atom. The van der Waals surface area contributed by atoms with Crippen LogP contribution in [0.25, 0.3) is 0 Å². The van der Waals surface area contributed by atoms with Crippen LogP contribution in [0.3, 0.4) is 0 Å². The standard InChI is InChI=1S/C10H13ClN2O.2ClH/c11-9-4-2-6-13-10(9)14-7-8-3-1-5-12-8;;/h2,4,6,8,12H,1,3,5,7H2;2*1H. The smallest absolute Gasteiger partial charge is 0.232 e. The monoisotopic (exact) mass is 284 g/mol. The summed E-state index contributed by atoms with van der Waals surface area (Å²) in [5.74, 6) is 0.530. The van der Waals surface area contributed by atoms with Gasteiger partial charge in [0.1, 0.15) is 11.6 Å². The molecule has 16 heavy (non-hydrogen) atoms. The number of hydrogen-bond acceptors (Lipinski definition) is 3. The second kappa shape index (κ2) is 7.96. The second-order valence-corrected chi connectivity index (χ2v) is 3.80. The van der Waals surface area contributed by atoms with Gasteiger partial charge in [-0.25, -0.2) is 4.98 Å². The fraction of sp³-hybridized carbons (Fsp3) is 0.500. The second-order valence-electron chi connectivity index (χ2n) is 3.39. The normalized spacial score (nSPS) is 18.4. The van der Waals surface area contributed by atoms with Crippen molar-refractivity contribution in [2.24, 2.45) is 0 Å². The molecule has 0 aliphatic carbocycles. The maximum atomic E-state index is 5.90. The molecule has 1 fully saturated rings. The van der Waals surface area contributed by atoms with E-state index in [1.54, 1.807) is 18.3 Å². The summed E-state index contributed by atoms with van der Waals surface area (Å²) in [5.41, 5.74) is 0. The van der Waals surface area contributed by atoms with Crippen molar-refractivity contribution < 1.29 is 4.74 Å². The van der Waals surface area contributed by atoms with Crippen LogP contribution in [0.2, 0.25) is 5.02 Å². The summed E-state index contributed by atoms with van der Waals surface area (Å²) in [4.78, 5) is 4.06. The van der Waals surface area contributed by atoms with Gasteiger partial charge in [0, 0.05) is 12.2 Å². The fourth-order valence-electron chi connectivity index (χ4n) is 1.56. The van der Waals surface area contributed by atoms with Crippen LogP contribution in [-0.4, -0.2) is 24.2 Å². The number of pyridine rings is 1. The van der Waals surface area contributed by atoms with Crippen molar-refractivity contribution in [1.29, 1.82) is 0 Å². The van der Waals surface area contributed by atoms with Gasteiger partial charge in [-0.3, -0.25) is 0 Å². The zero-order valence-corrected chi connectivity index (χ0v) is 11.1. The highest BCUT2D eigenvalue weighted by atomic mass is 35.5. The fourth-order valence-corrected chi connectivity index (χ4v) is 1.73. The van der Waals surface area contributed by atoms with Gasteiger partial charge in [0.25, 0.3) is 0 Å². The quantitative estimate of drug-likeness (QED) is 0.927. The van der Waals surface area contributed by atoms with Crippen LogP contribution in [0.1, 0.15) is 12.8 Å². The lowest BCUT2D eigenvalue weighted by atomic mass is 10.2. The SMILES string of the molecule is Cl.Cl.Clc1cccnc1OCC1CCCN1. The molecule has 1 aromatic heterocycles. The Morgan fingerprint density at radius 3 is 2.94 bits per heavy atom. The summed E-state index contributed by atoms with van der Waals surface area (Å²) in [6.45, 7) is 1.74. The van der Waals surface area contributed by atoms with Gasteiger partial charge in [-0.2, -0.15) is 0 Å². The number of halogens is 3. The van der Waals surface area contributed by atoms with Crippen LogP contribution in [0.4, 0.5) is 0 Å². The van der Waals surface area contributed by atoms with Gasteiger partial charge < -0.3 is 10.1 Å². The largest absolute Gasteiger partial charge is 0.475 e. The van der Waals surface area contributed by atoms with Crippen molar-refractivity contribution in [3.63, 3.8) is 0 Å². The molecule has 1 saturated heterocycles. The molecule has 0 spiro atoms. The molecule has 1 unspecified atom stereocenters. The number of aromatic nitrogens is 1. The van der Waals surface area contributed by atoms with Crippen molar-refractivity contribution in [3.05, 3.63) is 23.4 Å². The van der Waals surface area contributed by atoms with Crippen molar-refractivity contribution in [3.8, 4) is 5.88 Å². The minimum Gasteiger partial charge on any atom is -0.475 e. The Bertz CT molecular complexity index is 306. The Morgan fingerprint density at radius 1 is 1.50 bits per heavy atom. The summed E-state index contributed by atoms with van der Waals surface area (Å²) in [6.07, 6.45) is 4.08. The van der Waals surface area contributed by atoms with Crippen LogP contribution in [-0.2, 0) is 0 Å². The van der Waals surface area contributed by atoms with E-state index in [1.807, 2.05) is 0 Å². The van der Waals surface area contributed by atoms with E-state index in [1.165, 1.54) is 12.8 Å². The molecule has 0 aromatic carbocycles. The highest BCUT2D eigenvalue weighted by Crippen LogP contribution is 2.20. The molecular formula is C10H15Cl3N2O. The molecule has 6 heteroatoms. The third kappa shape index (κ3) is 4.34. The molecule has 92 valence electrons. The van der Waals surface area contributed by atoms with Crippen molar-refractivity contribution >= 4 is 36.4 Å². The zero-order chi connectivity index (χ0) is 9.80. The van der Waals surface area contributed by atoms with Gasteiger partial charge in [0.15, 0.2) is 0 Å². The molecule has 1 aliphatic rings. The average molecular weight is 286 g/mol. The van der Waals surface area contributed by atoms with E-state index in [4.69, 9.17) is 16.3 Å². The molecule has 1 aromatic rings. The van der Waals surface area contributed by atoms with Gasteiger partial charge in [-0.05, 0) is 31.5 Å². The lowest BCUT2D eigenvalue weighted by Gasteiger charge is -2.11. The van der Waals surface area contributed by atoms with Crippen LogP contribution in [0, 0.1) is 0 Å². The minimum absolute atomic E-state index is 0. The highest BCUT2D eigenvalue weighted by Gasteiger charge is 2.15. The number of nitrogens with zero attached hydrogens (tertiary/aromatic N) is 1. The third-order valence-electron chi connectivity index (χ3n) is 2.31. The van der Waals surface area contributed by atoms with Crippen LogP contribution < -0.4 is 10.1 Å². The topological polar surface area (TPSA) is 34.1 Å². The molecule has 1 N–H and O–H groups in total. The summed E-state index contributed by atoms with van der Waals surface area (Å²) >= 11 is 5.90. The first kappa shape index (κ1) is 15.8. The average Bonchev–Trinajstić information content (AvgIpc) is 2.69. The molecular weight excluding hydrogens is 270 g/mol. The molecule has 1 atom stereocenters. The summed E-state index contributed by atoms with van der Waals surface area (Å²) in [7, 11) is 0. The van der Waals surface area contributed by atoms with Crippen LogP contribution >= 0.6 is 36.4 Å². The van der Waals surface area contributed by atoms with Gasteiger partial charge in [-0.15, -0.1) is 24.8 Å². The highest BCUT2D eigenvalue weighted by molar-refractivity contribution is 6.31. The molecule has 1 aliphatic heterocycles. The van der Waals surface area contributed by atoms with E-state index >= 15 is 0 Å². The van der Waals surface area contributed by atoms with Gasteiger partial charge >= 0.3 is 0 Å². The summed E-state index contributed by atoms with van der Waals surface area (Å²) < 4.78 is 5.52. The lowest BCUT2D eigenvalue weighted by molar-refractivity contribution is 0.268. The lowest BCUT2D eigenvalue weighted by Crippen LogP contribution is -2.28. The first-order chi connectivity index (χ1) is 6.86. The van der Waals surface area contributed by atoms with Gasteiger partial charge in [0.2, 0.25) is 5.88 Å². The maximum absolute atomic E-state index is 5.90. The predicted molar refractivity (Wildman–Crippen MR) is 70.3 cm³/mol. The maximum Gasteiger partial charge on any atom is 0.232 e. The van der Waals surface area contributed by atoms with Crippen LogP contribution in [0.5, 0.6) is 5.88 Å². The molecule has 0 amide bonds. The van der Waals surface area contributed by atoms with Crippen LogP contribution in [0.15, 0.2) is 18.3 Å². The van der Waals surface area contributed by atoms with Gasteiger partial charge in [-0.1, -0.05) is 11.6 Å². The Kier molecular flexibility index (Phi) is 7.85. The van der Waals surface area contributed by atoms with Crippen molar-refractivity contribution in [1.82, 2.24) is 10.3 Å². The Hall–Kier alpha value is -0.220. The van der Waals surface area contributed by atoms with Crippen molar-refractivity contribution in [2.75, 3.05) is 13.2 Å². The number of ether oxygens (including phenoxy) is 1. The number of nitrogens with one attached hydrogen (secondary N) is 1. The molecule has 0 bridgehead atoms. The molecule has 2 heterocycles. The number of hydrogen-bond donors (Lipinski definition) is 1. The van der Waals surface area contributed by atoms with E-state index < -0.39 is 0 Å².